The molecule has 19 heavy (non-hydrogen) atoms. The van der Waals surface area contributed by atoms with Crippen LogP contribution >= 0.6 is 0 Å². The molecule has 5 nitrogen and oxygen atoms in total. The van der Waals surface area contributed by atoms with E-state index in [9.17, 15) is 0 Å². The van der Waals surface area contributed by atoms with Crippen molar-refractivity contribution >= 4 is 33.8 Å². The predicted octanol–water partition coefficient (Wildman–Crippen LogP) is 2.54. The van der Waals surface area contributed by atoms with Gasteiger partial charge < -0.3 is 16.8 Å². The number of nitrogens with zero attached hydrogens (tertiary/aromatic N) is 2. The molecule has 3 rings (SSSR count). The molecule has 0 aliphatic rings. The van der Waals surface area contributed by atoms with Gasteiger partial charge in [0, 0.05) is 11.1 Å². The second-order valence-corrected chi connectivity index (χ2v) is 4.17. The van der Waals surface area contributed by atoms with Crippen LogP contribution in [-0.2, 0) is 0 Å². The smallest absolute Gasteiger partial charge is 0.159 e. The number of aromatic nitrogens is 2. The molecule has 1 heterocycles. The number of anilines is 4. The molecule has 3 aromatic rings. The van der Waals surface area contributed by atoms with Crippen LogP contribution in [0.5, 0.6) is 0 Å². The van der Waals surface area contributed by atoms with Crippen molar-refractivity contribution in [3.05, 3.63) is 48.8 Å². The fraction of sp³-hybridized carbons (Fsp3) is 0. The molecule has 0 saturated heterocycles. The van der Waals surface area contributed by atoms with Gasteiger partial charge in [-0.15, -0.1) is 0 Å². The second-order valence-electron chi connectivity index (χ2n) is 4.17. The van der Waals surface area contributed by atoms with Gasteiger partial charge in [-0.2, -0.15) is 0 Å². The lowest BCUT2D eigenvalue weighted by Gasteiger charge is -2.11. The fourth-order valence-corrected chi connectivity index (χ4v) is 1.97. The van der Waals surface area contributed by atoms with Crippen LogP contribution < -0.4 is 16.8 Å². The van der Waals surface area contributed by atoms with Gasteiger partial charge in [0.1, 0.15) is 12.0 Å². The van der Waals surface area contributed by atoms with Crippen molar-refractivity contribution in [1.82, 2.24) is 9.97 Å². The van der Waals surface area contributed by atoms with Gasteiger partial charge in [-0.25, -0.2) is 9.97 Å². The van der Waals surface area contributed by atoms with Crippen LogP contribution in [-0.4, -0.2) is 9.97 Å². The van der Waals surface area contributed by atoms with E-state index in [0.717, 1.165) is 16.5 Å². The zero-order chi connectivity index (χ0) is 13.2. The number of benzene rings is 2. The SMILES string of the molecule is Nc1ncnc(Nc2cccc3ccccc23)c1N. The summed E-state index contributed by atoms with van der Waals surface area (Å²) in [5, 5.41) is 5.44. The molecular formula is C14H13N5. The highest BCUT2D eigenvalue weighted by Gasteiger charge is 2.07. The minimum absolute atomic E-state index is 0.276. The molecule has 0 fully saturated rings. The van der Waals surface area contributed by atoms with Crippen LogP contribution in [0.25, 0.3) is 10.8 Å². The van der Waals surface area contributed by atoms with Crippen LogP contribution in [0.3, 0.4) is 0 Å². The Hall–Kier alpha value is -2.82. The standard InChI is InChI=1S/C14H13N5/c15-12-13(16)17-8-18-14(12)19-11-7-3-5-9-4-1-2-6-10(9)11/h1-8H,15H2,(H3,16,17,18,19). The average Bonchev–Trinajstić information content (AvgIpc) is 2.44. The van der Waals surface area contributed by atoms with Gasteiger partial charge in [0.15, 0.2) is 11.6 Å². The van der Waals surface area contributed by atoms with Crippen molar-refractivity contribution in [2.75, 3.05) is 16.8 Å². The summed E-state index contributed by atoms with van der Waals surface area (Å²) in [4.78, 5) is 7.96. The van der Waals surface area contributed by atoms with E-state index in [1.54, 1.807) is 0 Å². The van der Waals surface area contributed by atoms with E-state index in [1.807, 2.05) is 30.3 Å². The summed E-state index contributed by atoms with van der Waals surface area (Å²) in [5.74, 6) is 0.793. The van der Waals surface area contributed by atoms with Crippen molar-refractivity contribution in [3.63, 3.8) is 0 Å². The molecule has 5 N–H and O–H groups in total. The van der Waals surface area contributed by atoms with Crippen LogP contribution in [0, 0.1) is 0 Å². The molecule has 0 spiro atoms. The topological polar surface area (TPSA) is 89.8 Å². The van der Waals surface area contributed by atoms with E-state index in [2.05, 4.69) is 27.4 Å². The number of hydrogen-bond acceptors (Lipinski definition) is 5. The van der Waals surface area contributed by atoms with Gasteiger partial charge in [0.2, 0.25) is 0 Å². The largest absolute Gasteiger partial charge is 0.393 e. The van der Waals surface area contributed by atoms with Gasteiger partial charge in [-0.05, 0) is 11.5 Å². The quantitative estimate of drug-likeness (QED) is 0.651. The van der Waals surface area contributed by atoms with Crippen molar-refractivity contribution < 1.29 is 0 Å². The van der Waals surface area contributed by atoms with Crippen molar-refractivity contribution in [2.24, 2.45) is 0 Å². The normalized spacial score (nSPS) is 10.5. The third kappa shape index (κ3) is 2.01. The maximum Gasteiger partial charge on any atom is 0.159 e. The van der Waals surface area contributed by atoms with Crippen molar-refractivity contribution in [3.8, 4) is 0 Å². The summed E-state index contributed by atoms with van der Waals surface area (Å²) in [5.41, 5.74) is 12.8. The van der Waals surface area contributed by atoms with E-state index < -0.39 is 0 Å². The van der Waals surface area contributed by atoms with Crippen LogP contribution in [0.4, 0.5) is 23.0 Å². The third-order valence-corrected chi connectivity index (χ3v) is 2.96. The summed E-state index contributed by atoms with van der Waals surface area (Å²) < 4.78 is 0. The monoisotopic (exact) mass is 251 g/mol. The Kier molecular flexibility index (Phi) is 2.64. The number of nitrogens with two attached hydrogens (primary N) is 2. The molecule has 0 unspecified atom stereocenters. The summed E-state index contributed by atoms with van der Waals surface area (Å²) >= 11 is 0. The first-order valence-corrected chi connectivity index (χ1v) is 5.86. The number of fused-ring (bicyclic) bond motifs is 1. The molecule has 2 aromatic carbocycles. The molecule has 0 aliphatic heterocycles. The Morgan fingerprint density at radius 3 is 2.58 bits per heavy atom. The summed E-state index contributed by atoms with van der Waals surface area (Å²) in [7, 11) is 0. The molecule has 1 aromatic heterocycles. The first kappa shape index (κ1) is 11.3. The Labute approximate surface area is 110 Å². The highest BCUT2D eigenvalue weighted by Crippen LogP contribution is 2.28. The minimum atomic E-state index is 0.276. The Morgan fingerprint density at radius 1 is 0.895 bits per heavy atom. The molecule has 0 radical (unpaired) electrons. The maximum absolute atomic E-state index is 5.86. The van der Waals surface area contributed by atoms with Gasteiger partial charge in [0.05, 0.1) is 0 Å². The summed E-state index contributed by atoms with van der Waals surface area (Å²) in [6.45, 7) is 0. The zero-order valence-corrected chi connectivity index (χ0v) is 10.2. The predicted molar refractivity (Wildman–Crippen MR) is 78.1 cm³/mol. The number of nitrogen functional groups attached to an aromatic ring is 2. The Morgan fingerprint density at radius 2 is 1.68 bits per heavy atom. The Balaban J connectivity index is 2.09. The van der Waals surface area contributed by atoms with Crippen LogP contribution in [0.15, 0.2) is 48.8 Å². The van der Waals surface area contributed by atoms with Gasteiger partial charge in [-0.3, -0.25) is 0 Å². The van der Waals surface area contributed by atoms with Crippen LogP contribution in [0.2, 0.25) is 0 Å². The zero-order valence-electron chi connectivity index (χ0n) is 10.2. The first-order chi connectivity index (χ1) is 9.25. The van der Waals surface area contributed by atoms with E-state index in [1.165, 1.54) is 6.33 Å². The maximum atomic E-state index is 5.86. The molecule has 0 saturated carbocycles. The first-order valence-electron chi connectivity index (χ1n) is 5.86. The molecule has 0 bridgehead atoms. The van der Waals surface area contributed by atoms with E-state index in [4.69, 9.17) is 11.5 Å². The lowest BCUT2D eigenvalue weighted by molar-refractivity contribution is 1.18. The Bertz CT molecular complexity index is 733. The van der Waals surface area contributed by atoms with E-state index >= 15 is 0 Å². The summed E-state index contributed by atoms with van der Waals surface area (Å²) in [6, 6.07) is 14.1. The van der Waals surface area contributed by atoms with Crippen molar-refractivity contribution in [2.45, 2.75) is 0 Å². The third-order valence-electron chi connectivity index (χ3n) is 2.96. The summed E-state index contributed by atoms with van der Waals surface area (Å²) in [6.07, 6.45) is 1.39. The molecule has 0 aliphatic carbocycles. The van der Waals surface area contributed by atoms with Crippen molar-refractivity contribution in [1.29, 1.82) is 0 Å². The number of rotatable bonds is 2. The lowest BCUT2D eigenvalue weighted by atomic mass is 10.1. The minimum Gasteiger partial charge on any atom is -0.393 e. The highest BCUT2D eigenvalue weighted by molar-refractivity contribution is 5.96. The second kappa shape index (κ2) is 4.45. The van der Waals surface area contributed by atoms with Crippen LogP contribution in [0.1, 0.15) is 0 Å². The average molecular weight is 251 g/mol. The number of nitrogens with one attached hydrogen (secondary N) is 1. The van der Waals surface area contributed by atoms with Gasteiger partial charge >= 0.3 is 0 Å². The fourth-order valence-electron chi connectivity index (χ4n) is 1.97. The van der Waals surface area contributed by atoms with Gasteiger partial charge in [0.25, 0.3) is 0 Å². The number of hydrogen-bond donors (Lipinski definition) is 3. The molecule has 0 amide bonds. The molecule has 94 valence electrons. The molecule has 5 heteroatoms. The van der Waals surface area contributed by atoms with E-state index in [0.29, 0.717) is 11.5 Å². The highest BCUT2D eigenvalue weighted by atomic mass is 15.1. The lowest BCUT2D eigenvalue weighted by Crippen LogP contribution is -2.04. The van der Waals surface area contributed by atoms with Gasteiger partial charge in [-0.1, -0.05) is 36.4 Å². The van der Waals surface area contributed by atoms with E-state index in [-0.39, 0.29) is 5.82 Å². The molecule has 0 atom stereocenters. The molecular weight excluding hydrogens is 238 g/mol.